The van der Waals surface area contributed by atoms with E-state index in [1.807, 2.05) is 0 Å². The first-order valence-electron chi connectivity index (χ1n) is 4.93. The minimum Gasteiger partial charge on any atom is -0.310 e. The standard InChI is InChI=1S/C10H10F2N2O2/c11-8-4-9(12)10(14(15)16)3-6(8)5-13-7-1-2-7/h3-4,7,13H,1-2,5H2. The molecule has 0 unspecified atom stereocenters. The summed E-state index contributed by atoms with van der Waals surface area (Å²) in [7, 11) is 0. The van der Waals surface area contributed by atoms with Crippen LogP contribution in [0, 0.1) is 21.7 Å². The summed E-state index contributed by atoms with van der Waals surface area (Å²) >= 11 is 0. The zero-order chi connectivity index (χ0) is 11.7. The van der Waals surface area contributed by atoms with E-state index in [0.29, 0.717) is 12.1 Å². The Balaban J connectivity index is 2.21. The number of benzene rings is 1. The molecule has 86 valence electrons. The van der Waals surface area contributed by atoms with Crippen molar-refractivity contribution in [2.75, 3.05) is 0 Å². The molecule has 1 N–H and O–H groups in total. The van der Waals surface area contributed by atoms with Crippen LogP contribution < -0.4 is 5.32 Å². The molecule has 1 saturated carbocycles. The second-order valence-corrected chi connectivity index (χ2v) is 3.81. The number of hydrogen-bond donors (Lipinski definition) is 1. The van der Waals surface area contributed by atoms with E-state index in [4.69, 9.17) is 0 Å². The molecule has 0 aromatic heterocycles. The first-order valence-corrected chi connectivity index (χ1v) is 4.93. The van der Waals surface area contributed by atoms with Crippen LogP contribution in [0.25, 0.3) is 0 Å². The molecule has 0 heterocycles. The van der Waals surface area contributed by atoms with Crippen molar-refractivity contribution in [3.05, 3.63) is 39.4 Å². The molecule has 1 aliphatic carbocycles. The van der Waals surface area contributed by atoms with Crippen molar-refractivity contribution in [3.63, 3.8) is 0 Å². The van der Waals surface area contributed by atoms with Crippen LogP contribution in [0.2, 0.25) is 0 Å². The van der Waals surface area contributed by atoms with E-state index in [-0.39, 0.29) is 12.1 Å². The van der Waals surface area contributed by atoms with E-state index in [9.17, 15) is 18.9 Å². The lowest BCUT2D eigenvalue weighted by Crippen LogP contribution is -2.16. The van der Waals surface area contributed by atoms with Crippen LogP contribution in [0.15, 0.2) is 12.1 Å². The number of halogens is 2. The van der Waals surface area contributed by atoms with Gasteiger partial charge in [0.15, 0.2) is 0 Å². The minimum absolute atomic E-state index is 0.125. The van der Waals surface area contributed by atoms with E-state index < -0.39 is 22.2 Å². The Morgan fingerprint density at radius 2 is 2.06 bits per heavy atom. The lowest BCUT2D eigenvalue weighted by molar-refractivity contribution is -0.387. The van der Waals surface area contributed by atoms with E-state index >= 15 is 0 Å². The van der Waals surface area contributed by atoms with Crippen molar-refractivity contribution in [2.45, 2.75) is 25.4 Å². The minimum atomic E-state index is -1.14. The second-order valence-electron chi connectivity index (χ2n) is 3.81. The second kappa shape index (κ2) is 4.13. The highest BCUT2D eigenvalue weighted by Gasteiger charge is 2.22. The van der Waals surface area contributed by atoms with Gasteiger partial charge in [-0.25, -0.2) is 4.39 Å². The number of nitrogens with zero attached hydrogens (tertiary/aromatic N) is 1. The molecule has 2 rings (SSSR count). The van der Waals surface area contributed by atoms with Crippen molar-refractivity contribution in [2.24, 2.45) is 0 Å². The monoisotopic (exact) mass is 228 g/mol. The van der Waals surface area contributed by atoms with Gasteiger partial charge in [0.2, 0.25) is 5.82 Å². The molecule has 1 aromatic carbocycles. The summed E-state index contributed by atoms with van der Waals surface area (Å²) in [6.45, 7) is 0.192. The molecule has 0 atom stereocenters. The van der Waals surface area contributed by atoms with E-state index in [1.54, 1.807) is 0 Å². The van der Waals surface area contributed by atoms with Crippen LogP contribution in [-0.2, 0) is 6.54 Å². The average molecular weight is 228 g/mol. The molecule has 0 bridgehead atoms. The van der Waals surface area contributed by atoms with E-state index in [0.717, 1.165) is 18.9 Å². The molecule has 1 fully saturated rings. The van der Waals surface area contributed by atoms with Crippen molar-refractivity contribution < 1.29 is 13.7 Å². The lowest BCUT2D eigenvalue weighted by atomic mass is 10.2. The zero-order valence-corrected chi connectivity index (χ0v) is 8.37. The molecule has 1 aliphatic rings. The number of hydrogen-bond acceptors (Lipinski definition) is 3. The third-order valence-electron chi connectivity index (χ3n) is 2.47. The Labute approximate surface area is 90.4 Å². The molecule has 16 heavy (non-hydrogen) atoms. The van der Waals surface area contributed by atoms with Gasteiger partial charge in [0.05, 0.1) is 4.92 Å². The van der Waals surface area contributed by atoms with Crippen molar-refractivity contribution in [3.8, 4) is 0 Å². The van der Waals surface area contributed by atoms with Crippen LogP contribution >= 0.6 is 0 Å². The Morgan fingerprint density at radius 3 is 2.62 bits per heavy atom. The van der Waals surface area contributed by atoms with Gasteiger partial charge in [-0.05, 0) is 12.8 Å². The molecular weight excluding hydrogens is 218 g/mol. The van der Waals surface area contributed by atoms with E-state index in [2.05, 4.69) is 5.32 Å². The Hall–Kier alpha value is -1.56. The summed E-state index contributed by atoms with van der Waals surface area (Å²) in [5.74, 6) is -1.89. The van der Waals surface area contributed by atoms with Crippen molar-refractivity contribution in [1.29, 1.82) is 0 Å². The number of nitrogens with one attached hydrogen (secondary N) is 1. The van der Waals surface area contributed by atoms with Crippen LogP contribution in [0.4, 0.5) is 14.5 Å². The topological polar surface area (TPSA) is 55.2 Å². The quantitative estimate of drug-likeness (QED) is 0.634. The number of rotatable bonds is 4. The maximum Gasteiger partial charge on any atom is 0.305 e. The van der Waals surface area contributed by atoms with Gasteiger partial charge in [-0.15, -0.1) is 0 Å². The highest BCUT2D eigenvalue weighted by atomic mass is 19.1. The molecular formula is C10H10F2N2O2. The van der Waals surface area contributed by atoms with Gasteiger partial charge in [0.1, 0.15) is 5.82 Å². The van der Waals surface area contributed by atoms with Crippen molar-refractivity contribution in [1.82, 2.24) is 5.32 Å². The molecule has 0 radical (unpaired) electrons. The summed E-state index contributed by atoms with van der Waals surface area (Å²) in [5, 5.41) is 13.5. The van der Waals surface area contributed by atoms with Gasteiger partial charge in [-0.1, -0.05) is 0 Å². The summed E-state index contributed by atoms with van der Waals surface area (Å²) in [6, 6.07) is 1.87. The Bertz CT molecular complexity index is 433. The molecule has 4 nitrogen and oxygen atoms in total. The van der Waals surface area contributed by atoms with Crippen LogP contribution in [-0.4, -0.2) is 11.0 Å². The SMILES string of the molecule is O=[N+]([O-])c1cc(CNC2CC2)c(F)cc1F. The third kappa shape index (κ3) is 2.33. The summed E-state index contributed by atoms with van der Waals surface area (Å²) in [4.78, 5) is 9.61. The normalized spacial score (nSPS) is 15.1. The van der Waals surface area contributed by atoms with Gasteiger partial charge in [-0.2, -0.15) is 4.39 Å². The Morgan fingerprint density at radius 1 is 1.38 bits per heavy atom. The fourth-order valence-corrected chi connectivity index (χ4v) is 1.40. The molecule has 0 aliphatic heterocycles. The summed E-state index contributed by atoms with van der Waals surface area (Å²) < 4.78 is 26.3. The number of nitro groups is 1. The van der Waals surface area contributed by atoms with Crippen LogP contribution in [0.3, 0.4) is 0 Å². The van der Waals surface area contributed by atoms with Gasteiger partial charge >= 0.3 is 5.69 Å². The van der Waals surface area contributed by atoms with Crippen molar-refractivity contribution >= 4 is 5.69 Å². The van der Waals surface area contributed by atoms with Gasteiger partial charge in [0.25, 0.3) is 0 Å². The Kier molecular flexibility index (Phi) is 2.82. The fourth-order valence-electron chi connectivity index (χ4n) is 1.40. The summed E-state index contributed by atoms with van der Waals surface area (Å²) in [6.07, 6.45) is 2.07. The highest BCUT2D eigenvalue weighted by Crippen LogP contribution is 2.23. The van der Waals surface area contributed by atoms with Gasteiger partial charge in [-0.3, -0.25) is 10.1 Å². The first-order chi connectivity index (χ1) is 7.58. The van der Waals surface area contributed by atoms with E-state index in [1.165, 1.54) is 0 Å². The molecule has 1 aromatic rings. The zero-order valence-electron chi connectivity index (χ0n) is 8.37. The maximum atomic E-state index is 13.3. The summed E-state index contributed by atoms with van der Waals surface area (Å²) in [5.41, 5.74) is -0.561. The maximum absolute atomic E-state index is 13.3. The van der Waals surface area contributed by atoms with Gasteiger partial charge in [0, 0.05) is 30.3 Å². The molecule has 6 heteroatoms. The molecule has 0 amide bonds. The lowest BCUT2D eigenvalue weighted by Gasteiger charge is -2.05. The fraction of sp³-hybridized carbons (Fsp3) is 0.400. The highest BCUT2D eigenvalue weighted by molar-refractivity contribution is 5.37. The predicted molar refractivity (Wildman–Crippen MR) is 52.9 cm³/mol. The molecule has 0 saturated heterocycles. The number of nitro benzene ring substituents is 1. The van der Waals surface area contributed by atoms with Gasteiger partial charge < -0.3 is 5.32 Å². The third-order valence-corrected chi connectivity index (χ3v) is 2.47. The van der Waals surface area contributed by atoms with Crippen LogP contribution in [0.5, 0.6) is 0 Å². The first kappa shape index (κ1) is 10.9. The largest absolute Gasteiger partial charge is 0.310 e. The average Bonchev–Trinajstić information content (AvgIpc) is 2.99. The smallest absolute Gasteiger partial charge is 0.305 e. The predicted octanol–water partition coefficient (Wildman–Crippen LogP) is 2.12. The molecule has 0 spiro atoms. The van der Waals surface area contributed by atoms with Crippen LogP contribution in [0.1, 0.15) is 18.4 Å².